The van der Waals surface area contributed by atoms with E-state index in [4.69, 9.17) is 4.98 Å². The van der Waals surface area contributed by atoms with Gasteiger partial charge in [0.05, 0.1) is 11.1 Å². The Morgan fingerprint density at radius 1 is 1.08 bits per heavy atom. The fraction of sp³-hybridized carbons (Fsp3) is 0.520. The molecule has 1 aliphatic rings. The van der Waals surface area contributed by atoms with Crippen molar-refractivity contribution in [1.82, 2.24) is 28.7 Å². The summed E-state index contributed by atoms with van der Waals surface area (Å²) in [6.07, 6.45) is 2.90. The van der Waals surface area contributed by atoms with Gasteiger partial charge in [-0.3, -0.25) is 0 Å². The molecule has 36 heavy (non-hydrogen) atoms. The van der Waals surface area contributed by atoms with Crippen molar-refractivity contribution >= 4 is 33.0 Å². The molecular weight excluding hydrogens is 476 g/mol. The van der Waals surface area contributed by atoms with Gasteiger partial charge in [-0.05, 0) is 50.2 Å². The molecule has 1 saturated heterocycles. The van der Waals surface area contributed by atoms with Gasteiger partial charge in [-0.2, -0.15) is 9.61 Å². The molecular formula is C25H38N8O2S. The van der Waals surface area contributed by atoms with Crippen LogP contribution >= 0.6 is 0 Å². The molecule has 1 fully saturated rings. The molecule has 4 rings (SSSR count). The standard InChI is InChI=1S/C25H38N8O2S/c1-19(2)22-18-27-33-24(28-20-7-9-21(10-8-20)36(34,35)30(3)4)17-23(29-25(22)33)26-11-6-12-32-15-13-31(5)14-16-32/h7-10,17-19,28H,6,11-16H2,1-5H3,(H,26,29). The summed E-state index contributed by atoms with van der Waals surface area (Å²) in [5.41, 5.74) is 2.65. The first-order chi connectivity index (χ1) is 17.1. The fourth-order valence-corrected chi connectivity index (χ4v) is 5.13. The van der Waals surface area contributed by atoms with Gasteiger partial charge < -0.3 is 20.4 Å². The van der Waals surface area contributed by atoms with Crippen molar-refractivity contribution in [2.24, 2.45) is 0 Å². The maximum atomic E-state index is 12.4. The second kappa shape index (κ2) is 11.1. The molecule has 0 bridgehead atoms. The number of anilines is 3. The summed E-state index contributed by atoms with van der Waals surface area (Å²) >= 11 is 0. The van der Waals surface area contributed by atoms with Crippen LogP contribution in [0.15, 0.2) is 41.4 Å². The molecule has 0 unspecified atom stereocenters. The van der Waals surface area contributed by atoms with E-state index in [-0.39, 0.29) is 10.8 Å². The van der Waals surface area contributed by atoms with E-state index in [9.17, 15) is 8.42 Å². The maximum Gasteiger partial charge on any atom is 0.242 e. The first-order valence-electron chi connectivity index (χ1n) is 12.5. The highest BCUT2D eigenvalue weighted by Gasteiger charge is 2.18. The van der Waals surface area contributed by atoms with Crippen LogP contribution in [0, 0.1) is 0 Å². The van der Waals surface area contributed by atoms with Crippen molar-refractivity contribution in [3.05, 3.63) is 42.1 Å². The maximum absolute atomic E-state index is 12.4. The smallest absolute Gasteiger partial charge is 0.242 e. The van der Waals surface area contributed by atoms with Gasteiger partial charge in [-0.1, -0.05) is 13.8 Å². The van der Waals surface area contributed by atoms with Gasteiger partial charge in [0.15, 0.2) is 5.65 Å². The Labute approximate surface area is 214 Å². The molecule has 0 amide bonds. The zero-order valence-corrected chi connectivity index (χ0v) is 22.7. The first-order valence-corrected chi connectivity index (χ1v) is 13.9. The first kappa shape index (κ1) is 26.3. The number of benzene rings is 1. The second-order valence-corrected chi connectivity index (χ2v) is 12.0. The lowest BCUT2D eigenvalue weighted by Crippen LogP contribution is -2.44. The lowest BCUT2D eigenvalue weighted by molar-refractivity contribution is 0.154. The SMILES string of the molecule is CC(C)c1cnn2c(Nc3ccc(S(=O)(=O)N(C)C)cc3)cc(NCCCN3CCN(C)CC3)nc12. The van der Waals surface area contributed by atoms with Crippen molar-refractivity contribution in [3.63, 3.8) is 0 Å². The van der Waals surface area contributed by atoms with E-state index in [1.54, 1.807) is 28.8 Å². The summed E-state index contributed by atoms with van der Waals surface area (Å²) in [6, 6.07) is 8.69. The quantitative estimate of drug-likeness (QED) is 0.399. The number of likely N-dealkylation sites (N-methyl/N-ethyl adjacent to an activating group) is 1. The number of hydrogen-bond acceptors (Lipinski definition) is 8. The van der Waals surface area contributed by atoms with E-state index >= 15 is 0 Å². The Bertz CT molecular complexity index is 1260. The highest BCUT2D eigenvalue weighted by molar-refractivity contribution is 7.89. The summed E-state index contributed by atoms with van der Waals surface area (Å²) in [7, 11) is 1.75. The third kappa shape index (κ3) is 5.97. The van der Waals surface area contributed by atoms with Gasteiger partial charge in [0.1, 0.15) is 11.6 Å². The zero-order valence-electron chi connectivity index (χ0n) is 21.9. The topological polar surface area (TPSA) is 98.1 Å². The summed E-state index contributed by atoms with van der Waals surface area (Å²) in [4.78, 5) is 10.00. The van der Waals surface area contributed by atoms with Gasteiger partial charge in [0.2, 0.25) is 10.0 Å². The Morgan fingerprint density at radius 3 is 2.42 bits per heavy atom. The molecule has 196 valence electrons. The summed E-state index contributed by atoms with van der Waals surface area (Å²) in [5.74, 6) is 1.83. The van der Waals surface area contributed by atoms with Crippen LogP contribution in [-0.2, 0) is 10.0 Å². The van der Waals surface area contributed by atoms with Crippen LogP contribution in [0.5, 0.6) is 0 Å². The van der Waals surface area contributed by atoms with Crippen molar-refractivity contribution in [3.8, 4) is 0 Å². The van der Waals surface area contributed by atoms with Crippen molar-refractivity contribution in [2.45, 2.75) is 31.1 Å². The van der Waals surface area contributed by atoms with Crippen LogP contribution in [0.25, 0.3) is 5.65 Å². The molecule has 2 aromatic heterocycles. The number of nitrogens with one attached hydrogen (secondary N) is 2. The molecule has 2 N–H and O–H groups in total. The monoisotopic (exact) mass is 514 g/mol. The molecule has 3 heterocycles. The average Bonchev–Trinajstić information content (AvgIpc) is 3.28. The van der Waals surface area contributed by atoms with E-state index in [0.29, 0.717) is 0 Å². The van der Waals surface area contributed by atoms with Crippen molar-refractivity contribution < 1.29 is 8.42 Å². The van der Waals surface area contributed by atoms with E-state index in [1.807, 2.05) is 12.3 Å². The van der Waals surface area contributed by atoms with Crippen LogP contribution in [0.3, 0.4) is 0 Å². The zero-order chi connectivity index (χ0) is 25.9. The van der Waals surface area contributed by atoms with Crippen LogP contribution in [0.4, 0.5) is 17.3 Å². The van der Waals surface area contributed by atoms with E-state index in [1.165, 1.54) is 18.4 Å². The highest BCUT2D eigenvalue weighted by Crippen LogP contribution is 2.26. The minimum atomic E-state index is -3.48. The molecule has 1 aromatic carbocycles. The van der Waals surface area contributed by atoms with Crippen LogP contribution in [0.1, 0.15) is 31.7 Å². The van der Waals surface area contributed by atoms with Crippen molar-refractivity contribution in [2.75, 3.05) is 71.0 Å². The number of fused-ring (bicyclic) bond motifs is 1. The molecule has 0 saturated carbocycles. The lowest BCUT2D eigenvalue weighted by Gasteiger charge is -2.32. The number of piperazine rings is 1. The van der Waals surface area contributed by atoms with Gasteiger partial charge in [0, 0.05) is 64.1 Å². The number of nitrogens with zero attached hydrogens (tertiary/aromatic N) is 6. The van der Waals surface area contributed by atoms with Crippen molar-refractivity contribution in [1.29, 1.82) is 0 Å². The van der Waals surface area contributed by atoms with Crippen LogP contribution < -0.4 is 10.6 Å². The molecule has 0 radical (unpaired) electrons. The molecule has 3 aromatic rings. The Kier molecular flexibility index (Phi) is 8.13. The molecule has 0 aliphatic carbocycles. The molecule has 0 spiro atoms. The summed E-state index contributed by atoms with van der Waals surface area (Å²) < 4.78 is 27.8. The fourth-order valence-electron chi connectivity index (χ4n) is 4.23. The van der Waals surface area contributed by atoms with E-state index in [2.05, 4.69) is 46.4 Å². The largest absolute Gasteiger partial charge is 0.370 e. The van der Waals surface area contributed by atoms with Crippen LogP contribution in [-0.4, -0.2) is 97.5 Å². The average molecular weight is 515 g/mol. The number of rotatable bonds is 10. The molecule has 11 heteroatoms. The number of hydrogen-bond donors (Lipinski definition) is 2. The predicted molar refractivity (Wildman–Crippen MR) is 145 cm³/mol. The Morgan fingerprint density at radius 2 is 1.78 bits per heavy atom. The Hall–Kier alpha value is -2.73. The van der Waals surface area contributed by atoms with Gasteiger partial charge >= 0.3 is 0 Å². The predicted octanol–water partition coefficient (Wildman–Crippen LogP) is 2.90. The molecule has 1 aliphatic heterocycles. The van der Waals surface area contributed by atoms with Gasteiger partial charge in [-0.15, -0.1) is 0 Å². The minimum absolute atomic E-state index is 0.252. The second-order valence-electron chi connectivity index (χ2n) is 9.88. The third-order valence-electron chi connectivity index (χ3n) is 6.58. The van der Waals surface area contributed by atoms with Gasteiger partial charge in [-0.25, -0.2) is 17.7 Å². The molecule has 10 nitrogen and oxygen atoms in total. The summed E-state index contributed by atoms with van der Waals surface area (Å²) in [6.45, 7) is 10.7. The van der Waals surface area contributed by atoms with E-state index < -0.39 is 10.0 Å². The minimum Gasteiger partial charge on any atom is -0.370 e. The normalized spacial score (nSPS) is 15.8. The number of aromatic nitrogens is 3. The number of sulfonamides is 1. The lowest BCUT2D eigenvalue weighted by atomic mass is 10.1. The Balaban J connectivity index is 1.50. The highest BCUT2D eigenvalue weighted by atomic mass is 32.2. The third-order valence-corrected chi connectivity index (χ3v) is 8.41. The molecule has 0 atom stereocenters. The van der Waals surface area contributed by atoms with Crippen LogP contribution in [0.2, 0.25) is 0 Å². The van der Waals surface area contributed by atoms with E-state index in [0.717, 1.165) is 74.2 Å². The van der Waals surface area contributed by atoms with Gasteiger partial charge in [0.25, 0.3) is 0 Å². The summed E-state index contributed by atoms with van der Waals surface area (Å²) in [5, 5.41) is 11.5.